The van der Waals surface area contributed by atoms with Gasteiger partial charge in [0, 0.05) is 0 Å². The summed E-state index contributed by atoms with van der Waals surface area (Å²) in [6.45, 7) is 0. The highest BCUT2D eigenvalue weighted by atomic mass is 35.5. The summed E-state index contributed by atoms with van der Waals surface area (Å²) in [5.74, 6) is -1.28. The Hall–Kier alpha value is -1.28. The van der Waals surface area contributed by atoms with E-state index in [0.717, 1.165) is 0 Å². The highest BCUT2D eigenvalue weighted by molar-refractivity contribution is 6.29. The van der Waals surface area contributed by atoms with E-state index in [4.69, 9.17) is 16.9 Å². The van der Waals surface area contributed by atoms with E-state index >= 15 is 0 Å². The highest BCUT2D eigenvalue weighted by Gasteiger charge is 2.18. The van der Waals surface area contributed by atoms with Crippen molar-refractivity contribution in [3.63, 3.8) is 0 Å². The molecule has 0 unspecified atom stereocenters. The van der Waals surface area contributed by atoms with Crippen LogP contribution in [0.3, 0.4) is 0 Å². The standard InChI is InChI=1S/C7H2ClF3N2/c8-6-5(9)4(7(10)11)1-3(2-12)13-6/h1,7H. The van der Waals surface area contributed by atoms with E-state index in [0.29, 0.717) is 6.07 Å². The number of halogens is 4. The average molecular weight is 207 g/mol. The Bertz CT molecular complexity index is 373. The van der Waals surface area contributed by atoms with Crippen LogP contribution >= 0.6 is 11.6 Å². The summed E-state index contributed by atoms with van der Waals surface area (Å²) in [4.78, 5) is 3.23. The molecule has 2 nitrogen and oxygen atoms in total. The topological polar surface area (TPSA) is 36.7 Å². The van der Waals surface area contributed by atoms with Gasteiger partial charge in [-0.1, -0.05) is 11.6 Å². The summed E-state index contributed by atoms with van der Waals surface area (Å²) in [6, 6.07) is 2.17. The van der Waals surface area contributed by atoms with E-state index in [9.17, 15) is 13.2 Å². The first-order valence-electron chi connectivity index (χ1n) is 3.10. The Morgan fingerprint density at radius 3 is 2.62 bits per heavy atom. The zero-order chi connectivity index (χ0) is 10.0. The van der Waals surface area contributed by atoms with E-state index in [-0.39, 0.29) is 5.69 Å². The lowest BCUT2D eigenvalue weighted by Gasteiger charge is -2.02. The third kappa shape index (κ3) is 1.90. The molecule has 0 amide bonds. The lowest BCUT2D eigenvalue weighted by molar-refractivity contribution is 0.146. The lowest BCUT2D eigenvalue weighted by Crippen LogP contribution is -1.96. The summed E-state index contributed by atoms with van der Waals surface area (Å²) in [7, 11) is 0. The van der Waals surface area contributed by atoms with Gasteiger partial charge >= 0.3 is 0 Å². The molecule has 6 heteroatoms. The molecule has 68 valence electrons. The van der Waals surface area contributed by atoms with Crippen LogP contribution in [0.4, 0.5) is 13.2 Å². The minimum atomic E-state index is -3.01. The largest absolute Gasteiger partial charge is 0.266 e. The fraction of sp³-hybridized carbons (Fsp3) is 0.143. The van der Waals surface area contributed by atoms with Gasteiger partial charge in [-0.2, -0.15) is 5.26 Å². The van der Waals surface area contributed by atoms with Crippen molar-refractivity contribution in [1.82, 2.24) is 4.98 Å². The summed E-state index contributed by atoms with van der Waals surface area (Å²) in [6.07, 6.45) is -3.01. The second-order valence-electron chi connectivity index (χ2n) is 2.11. The number of rotatable bonds is 1. The molecule has 0 radical (unpaired) electrons. The van der Waals surface area contributed by atoms with Crippen LogP contribution in [0.15, 0.2) is 6.07 Å². The summed E-state index contributed by atoms with van der Waals surface area (Å²) >= 11 is 5.17. The van der Waals surface area contributed by atoms with E-state index in [1.807, 2.05) is 0 Å². The van der Waals surface area contributed by atoms with Crippen molar-refractivity contribution < 1.29 is 13.2 Å². The quantitative estimate of drug-likeness (QED) is 0.663. The molecule has 0 fully saturated rings. The number of pyridine rings is 1. The monoisotopic (exact) mass is 206 g/mol. The van der Waals surface area contributed by atoms with Gasteiger partial charge in [-0.05, 0) is 6.07 Å². The molecular weight excluding hydrogens is 205 g/mol. The zero-order valence-corrected chi connectivity index (χ0v) is 6.82. The molecule has 0 aliphatic carbocycles. The van der Waals surface area contributed by atoms with Gasteiger partial charge in [0.05, 0.1) is 5.56 Å². The maximum absolute atomic E-state index is 12.8. The van der Waals surface area contributed by atoms with Crippen LogP contribution in [-0.4, -0.2) is 4.98 Å². The maximum atomic E-state index is 12.8. The Morgan fingerprint density at radius 1 is 1.54 bits per heavy atom. The van der Waals surface area contributed by atoms with E-state index in [2.05, 4.69) is 4.98 Å². The SMILES string of the molecule is N#Cc1cc(C(F)F)c(F)c(Cl)n1. The second kappa shape index (κ2) is 3.62. The molecule has 13 heavy (non-hydrogen) atoms. The zero-order valence-electron chi connectivity index (χ0n) is 6.06. The molecule has 0 saturated carbocycles. The molecule has 0 saturated heterocycles. The van der Waals surface area contributed by atoms with Crippen LogP contribution in [0.5, 0.6) is 0 Å². The van der Waals surface area contributed by atoms with Crippen molar-refractivity contribution in [2.45, 2.75) is 6.43 Å². The van der Waals surface area contributed by atoms with Crippen molar-refractivity contribution in [3.05, 3.63) is 28.3 Å². The fourth-order valence-electron chi connectivity index (χ4n) is 0.733. The number of aromatic nitrogens is 1. The van der Waals surface area contributed by atoms with Gasteiger partial charge in [0.1, 0.15) is 11.8 Å². The molecule has 1 aromatic rings. The van der Waals surface area contributed by atoms with Crippen molar-refractivity contribution in [1.29, 1.82) is 5.26 Å². The van der Waals surface area contributed by atoms with Crippen LogP contribution < -0.4 is 0 Å². The summed E-state index contributed by atoms with van der Waals surface area (Å²) < 4.78 is 37.0. The van der Waals surface area contributed by atoms with Gasteiger partial charge in [0.2, 0.25) is 0 Å². The van der Waals surface area contributed by atoms with Crippen LogP contribution in [0, 0.1) is 17.1 Å². The molecule has 1 rings (SSSR count). The maximum Gasteiger partial charge on any atom is 0.266 e. The molecule has 0 bridgehead atoms. The highest BCUT2D eigenvalue weighted by Crippen LogP contribution is 2.26. The van der Waals surface area contributed by atoms with E-state index < -0.39 is 23.0 Å². The molecule has 0 aliphatic heterocycles. The van der Waals surface area contributed by atoms with E-state index in [1.54, 1.807) is 0 Å². The van der Waals surface area contributed by atoms with Gasteiger partial charge in [-0.25, -0.2) is 18.2 Å². The van der Waals surface area contributed by atoms with E-state index in [1.165, 1.54) is 6.07 Å². The minimum absolute atomic E-state index is 0.332. The van der Waals surface area contributed by atoms with Crippen LogP contribution in [-0.2, 0) is 0 Å². The number of nitrogens with zero attached hydrogens (tertiary/aromatic N) is 2. The minimum Gasteiger partial charge on any atom is -0.222 e. The molecular formula is C7H2ClF3N2. The summed E-state index contributed by atoms with van der Waals surface area (Å²) in [5.41, 5.74) is -1.24. The molecule has 0 atom stereocenters. The Morgan fingerprint density at radius 2 is 2.15 bits per heavy atom. The number of hydrogen-bond acceptors (Lipinski definition) is 2. The third-order valence-corrected chi connectivity index (χ3v) is 1.55. The number of alkyl halides is 2. The van der Waals surface area contributed by atoms with Gasteiger partial charge in [-0.3, -0.25) is 0 Å². The lowest BCUT2D eigenvalue weighted by atomic mass is 10.2. The molecule has 0 N–H and O–H groups in total. The first-order chi connectivity index (χ1) is 6.06. The van der Waals surface area contributed by atoms with Gasteiger partial charge in [-0.15, -0.1) is 0 Å². The number of nitriles is 1. The Labute approximate surface area is 76.6 Å². The molecule has 0 aliphatic rings. The normalized spacial score (nSPS) is 10.2. The second-order valence-corrected chi connectivity index (χ2v) is 2.47. The van der Waals surface area contributed by atoms with Gasteiger partial charge in [0.15, 0.2) is 11.0 Å². The van der Waals surface area contributed by atoms with Crippen molar-refractivity contribution in [3.8, 4) is 6.07 Å². The predicted octanol–water partition coefficient (Wildman–Crippen LogP) is 2.68. The van der Waals surface area contributed by atoms with Crippen LogP contribution in [0.25, 0.3) is 0 Å². The predicted molar refractivity (Wildman–Crippen MR) is 38.9 cm³/mol. The average Bonchev–Trinajstić information content (AvgIpc) is 2.09. The first-order valence-corrected chi connectivity index (χ1v) is 3.48. The molecule has 0 aromatic carbocycles. The third-order valence-electron chi connectivity index (χ3n) is 1.30. The van der Waals surface area contributed by atoms with Crippen molar-refractivity contribution in [2.24, 2.45) is 0 Å². The molecule has 1 aromatic heterocycles. The van der Waals surface area contributed by atoms with Crippen LogP contribution in [0.2, 0.25) is 5.15 Å². The van der Waals surface area contributed by atoms with Gasteiger partial charge in [0.25, 0.3) is 6.43 Å². The molecule has 1 heterocycles. The van der Waals surface area contributed by atoms with Crippen LogP contribution in [0.1, 0.15) is 17.7 Å². The number of hydrogen-bond donors (Lipinski definition) is 0. The Kier molecular flexibility index (Phi) is 2.73. The fourth-order valence-corrected chi connectivity index (χ4v) is 0.933. The summed E-state index contributed by atoms with van der Waals surface area (Å²) in [5, 5.41) is 7.61. The van der Waals surface area contributed by atoms with Gasteiger partial charge < -0.3 is 0 Å². The van der Waals surface area contributed by atoms with Crippen molar-refractivity contribution >= 4 is 11.6 Å². The first kappa shape index (κ1) is 9.81. The smallest absolute Gasteiger partial charge is 0.222 e. The van der Waals surface area contributed by atoms with Crippen molar-refractivity contribution in [2.75, 3.05) is 0 Å². The molecule has 0 spiro atoms. The Balaban J connectivity index is 3.35.